The highest BCUT2D eigenvalue weighted by Crippen LogP contribution is 2.49. The number of thiophene rings is 4. The minimum Gasteiger partial charge on any atom is -0.311 e. The second-order valence-corrected chi connectivity index (χ2v) is 26.9. The molecule has 13 aromatic carbocycles. The normalized spacial score (nSPS) is 12.9. The molecule has 0 fully saturated rings. The summed E-state index contributed by atoms with van der Waals surface area (Å²) >= 11 is 7.52. The first kappa shape index (κ1) is 47.8. The molecule has 2 aliphatic rings. The number of anilines is 6. The molecular formula is C78H45BN2S4. The number of nitrogens with zero attached hydrogens (tertiary/aromatic N) is 2. The number of benzene rings is 13. The fourth-order valence-electron chi connectivity index (χ4n) is 14.5. The average Bonchev–Trinajstić information content (AvgIpc) is 1.74. The molecule has 0 amide bonds. The van der Waals surface area contributed by atoms with Crippen LogP contribution in [0.15, 0.2) is 273 Å². The molecule has 394 valence electrons. The standard InChI is InChI=1S/C78H45BN2S4/c1-5-24-66-56(14-1)74-52(18-9-28-70(74)82-66)46-32-38-50(39-33-46)80-62-42-36-48(54-20-11-30-72-76(54)58-16-3-7-26-68(58)84-72)44-60(62)79-61-45-49(55-21-12-31-73-77(55)59-17-4-8-27-69(59)85-73)37-43-63(61)81(65-23-13-22-64(80)78(65)79)51-40-34-47(35-41-51)53-19-10-29-71-75(53)57-15-2-6-25-67(57)83-71/h1-45H. The molecule has 0 spiro atoms. The van der Waals surface area contributed by atoms with E-state index < -0.39 is 0 Å². The number of rotatable bonds is 6. The van der Waals surface area contributed by atoms with Gasteiger partial charge in [0.15, 0.2) is 0 Å². The zero-order valence-corrected chi connectivity index (χ0v) is 48.9. The van der Waals surface area contributed by atoms with Crippen LogP contribution in [0, 0.1) is 0 Å². The van der Waals surface area contributed by atoms with Gasteiger partial charge in [-0.2, -0.15) is 0 Å². The molecule has 0 saturated carbocycles. The van der Waals surface area contributed by atoms with Crippen LogP contribution in [0.4, 0.5) is 34.1 Å². The highest BCUT2D eigenvalue weighted by molar-refractivity contribution is 7.27. The van der Waals surface area contributed by atoms with Gasteiger partial charge in [-0.15, -0.1) is 45.3 Å². The van der Waals surface area contributed by atoms with Gasteiger partial charge in [-0.1, -0.05) is 176 Å². The van der Waals surface area contributed by atoms with Gasteiger partial charge in [0.25, 0.3) is 6.71 Å². The third-order valence-electron chi connectivity index (χ3n) is 18.1. The summed E-state index contributed by atoms with van der Waals surface area (Å²) < 4.78 is 10.5. The lowest BCUT2D eigenvalue weighted by Gasteiger charge is -2.44. The average molecular weight is 1150 g/mol. The third-order valence-corrected chi connectivity index (χ3v) is 22.6. The van der Waals surface area contributed by atoms with E-state index in [4.69, 9.17) is 0 Å². The Labute approximate surface area is 506 Å². The van der Waals surface area contributed by atoms with E-state index in [-0.39, 0.29) is 6.71 Å². The molecule has 2 nitrogen and oxygen atoms in total. The maximum atomic E-state index is 2.56. The van der Waals surface area contributed by atoms with Crippen molar-refractivity contribution in [3.05, 3.63) is 273 Å². The number of hydrogen-bond acceptors (Lipinski definition) is 6. The van der Waals surface area contributed by atoms with Crippen LogP contribution in [0.1, 0.15) is 0 Å². The van der Waals surface area contributed by atoms with Crippen molar-refractivity contribution in [2.24, 2.45) is 0 Å². The van der Waals surface area contributed by atoms with Crippen LogP contribution in [0.2, 0.25) is 0 Å². The Bertz CT molecular complexity index is 5300. The largest absolute Gasteiger partial charge is 0.311 e. The van der Waals surface area contributed by atoms with Crippen LogP contribution in [0.3, 0.4) is 0 Å². The highest BCUT2D eigenvalue weighted by Gasteiger charge is 2.44. The van der Waals surface area contributed by atoms with E-state index in [1.165, 1.54) is 164 Å². The van der Waals surface area contributed by atoms with Crippen LogP contribution in [0.5, 0.6) is 0 Å². The van der Waals surface area contributed by atoms with Gasteiger partial charge in [-0.3, -0.25) is 0 Å². The van der Waals surface area contributed by atoms with E-state index in [0.29, 0.717) is 0 Å². The van der Waals surface area contributed by atoms with Gasteiger partial charge >= 0.3 is 0 Å². The summed E-state index contributed by atoms with van der Waals surface area (Å²) in [5, 5.41) is 10.5. The molecule has 0 unspecified atom stereocenters. The molecule has 0 aliphatic carbocycles. The number of fused-ring (bicyclic) bond motifs is 16. The minimum absolute atomic E-state index is 0.104. The van der Waals surface area contributed by atoms with Crippen molar-refractivity contribution < 1.29 is 0 Å². The van der Waals surface area contributed by atoms with E-state index in [9.17, 15) is 0 Å². The Kier molecular flexibility index (Phi) is 10.4. The van der Waals surface area contributed by atoms with Crippen LogP contribution in [0.25, 0.3) is 125 Å². The Balaban J connectivity index is 0.849. The van der Waals surface area contributed by atoms with E-state index in [1.54, 1.807) is 0 Å². The van der Waals surface area contributed by atoms with E-state index >= 15 is 0 Å². The fourth-order valence-corrected chi connectivity index (χ4v) is 19.0. The Hall–Kier alpha value is -9.60. The zero-order valence-electron chi connectivity index (χ0n) is 45.6. The topological polar surface area (TPSA) is 6.48 Å². The van der Waals surface area contributed by atoms with E-state index in [0.717, 1.165) is 11.4 Å². The van der Waals surface area contributed by atoms with Gasteiger partial charge < -0.3 is 9.80 Å². The van der Waals surface area contributed by atoms with E-state index in [1.807, 2.05) is 45.3 Å². The molecule has 7 heteroatoms. The summed E-state index contributed by atoms with van der Waals surface area (Å²) in [5.74, 6) is 0. The predicted octanol–water partition coefficient (Wildman–Crippen LogP) is 21.9. The van der Waals surface area contributed by atoms with Crippen LogP contribution >= 0.6 is 45.3 Å². The summed E-state index contributed by atoms with van der Waals surface area (Å²) in [6, 6.07) is 103. The molecule has 6 heterocycles. The molecule has 0 N–H and O–H groups in total. The minimum atomic E-state index is -0.104. The maximum Gasteiger partial charge on any atom is 0.252 e. The van der Waals surface area contributed by atoms with Gasteiger partial charge in [0.2, 0.25) is 0 Å². The fraction of sp³-hybridized carbons (Fsp3) is 0. The van der Waals surface area contributed by atoms with Gasteiger partial charge in [0.1, 0.15) is 0 Å². The first-order valence-corrected chi connectivity index (χ1v) is 32.3. The SMILES string of the molecule is c1cc2c3c(c1)N(c1ccc(-c4cccc5sc6ccccc6c45)cc1)c1ccc(-c4cccc5sc6ccccc6c45)cc1B3c1cc(-c3cccc4sc5ccccc5c34)ccc1N2c1ccc(-c2cccc3sc4ccccc4c23)cc1. The molecule has 85 heavy (non-hydrogen) atoms. The highest BCUT2D eigenvalue weighted by atomic mass is 32.1. The van der Waals surface area contributed by atoms with Gasteiger partial charge in [-0.05, 0) is 158 Å². The predicted molar refractivity (Wildman–Crippen MR) is 374 cm³/mol. The van der Waals surface area contributed by atoms with Crippen molar-refractivity contribution >= 4 is 183 Å². The van der Waals surface area contributed by atoms with Crippen LogP contribution < -0.4 is 26.2 Å². The third kappa shape index (κ3) is 7.10. The van der Waals surface area contributed by atoms with Crippen molar-refractivity contribution in [2.45, 2.75) is 0 Å². The van der Waals surface area contributed by atoms with E-state index in [2.05, 4.69) is 283 Å². The summed E-state index contributed by atoms with van der Waals surface area (Å²) in [6.07, 6.45) is 0. The summed E-state index contributed by atoms with van der Waals surface area (Å²) in [7, 11) is 0. The van der Waals surface area contributed by atoms with Crippen LogP contribution in [-0.4, -0.2) is 6.71 Å². The van der Waals surface area contributed by atoms with Crippen molar-refractivity contribution in [3.63, 3.8) is 0 Å². The van der Waals surface area contributed by atoms with Crippen LogP contribution in [-0.2, 0) is 0 Å². The Morgan fingerprint density at radius 1 is 0.235 bits per heavy atom. The molecule has 0 saturated heterocycles. The monoisotopic (exact) mass is 1150 g/mol. The molecule has 0 radical (unpaired) electrons. The molecule has 4 aromatic heterocycles. The van der Waals surface area contributed by atoms with Crippen molar-refractivity contribution in [1.29, 1.82) is 0 Å². The maximum absolute atomic E-state index is 2.56. The summed E-state index contributed by atoms with van der Waals surface area (Å²) in [6.45, 7) is -0.104. The first-order chi connectivity index (χ1) is 42.1. The Morgan fingerprint density at radius 2 is 0.529 bits per heavy atom. The van der Waals surface area contributed by atoms with Gasteiger partial charge in [-0.25, -0.2) is 0 Å². The molecule has 19 rings (SSSR count). The smallest absolute Gasteiger partial charge is 0.252 e. The van der Waals surface area contributed by atoms with Gasteiger partial charge in [0.05, 0.1) is 0 Å². The lowest BCUT2D eigenvalue weighted by Crippen LogP contribution is -2.61. The molecule has 2 aliphatic heterocycles. The van der Waals surface area contributed by atoms with Crippen molar-refractivity contribution in [2.75, 3.05) is 9.80 Å². The lowest BCUT2D eigenvalue weighted by atomic mass is 9.33. The summed E-state index contributed by atoms with van der Waals surface area (Å²) in [5.41, 5.74) is 20.8. The molecule has 0 atom stereocenters. The molecular weight excluding hydrogens is 1100 g/mol. The second kappa shape index (κ2) is 18.5. The Morgan fingerprint density at radius 3 is 0.882 bits per heavy atom. The molecule has 17 aromatic rings. The zero-order chi connectivity index (χ0) is 55.4. The quantitative estimate of drug-likeness (QED) is 0.153. The first-order valence-electron chi connectivity index (χ1n) is 29.0. The van der Waals surface area contributed by atoms with Gasteiger partial charge in [0, 0.05) is 115 Å². The lowest BCUT2D eigenvalue weighted by molar-refractivity contribution is 1.25. The molecule has 0 bridgehead atoms. The summed E-state index contributed by atoms with van der Waals surface area (Å²) in [4.78, 5) is 5.11. The van der Waals surface area contributed by atoms with Crippen molar-refractivity contribution in [3.8, 4) is 44.5 Å². The number of hydrogen-bond donors (Lipinski definition) is 0. The van der Waals surface area contributed by atoms with Crippen molar-refractivity contribution in [1.82, 2.24) is 0 Å². The second-order valence-electron chi connectivity index (χ2n) is 22.6.